The predicted octanol–water partition coefficient (Wildman–Crippen LogP) is 3.72. The highest BCUT2D eigenvalue weighted by Gasteiger charge is 2.36. The van der Waals surface area contributed by atoms with Crippen LogP contribution in [-0.4, -0.2) is 35.3 Å². The van der Waals surface area contributed by atoms with Crippen LogP contribution < -0.4 is 4.74 Å². The highest BCUT2D eigenvalue weighted by molar-refractivity contribution is 7.87. The number of hydrogen-bond acceptors (Lipinski definition) is 5. The normalized spacial score (nSPS) is 13.1. The average molecular weight is 408 g/mol. The first-order valence-corrected chi connectivity index (χ1v) is 10.4. The number of carbonyl (C=O) groups is 2. The summed E-state index contributed by atoms with van der Waals surface area (Å²) < 4.78 is 37.9. The molecule has 2 aromatic rings. The topological polar surface area (TPSA) is 118 Å². The van der Waals surface area contributed by atoms with Gasteiger partial charge in [0.15, 0.2) is 5.25 Å². The Morgan fingerprint density at radius 2 is 1.68 bits per heavy atom. The second kappa shape index (κ2) is 8.28. The van der Waals surface area contributed by atoms with E-state index in [-0.39, 0.29) is 17.6 Å². The minimum atomic E-state index is -4.95. The summed E-state index contributed by atoms with van der Waals surface area (Å²) in [5, 5.41) is 8.12. The quantitative estimate of drug-likeness (QED) is 0.407. The van der Waals surface area contributed by atoms with Crippen LogP contribution in [0.5, 0.6) is 5.75 Å². The van der Waals surface area contributed by atoms with Crippen LogP contribution in [0.4, 0.5) is 0 Å². The molecule has 7 nitrogen and oxygen atoms in total. The Hall–Kier alpha value is -2.45. The van der Waals surface area contributed by atoms with E-state index in [0.717, 1.165) is 16.5 Å². The number of ether oxygens (including phenoxy) is 1. The van der Waals surface area contributed by atoms with Crippen LogP contribution in [0.25, 0.3) is 10.8 Å². The molecule has 2 rings (SSSR count). The van der Waals surface area contributed by atoms with Crippen molar-refractivity contribution in [3.63, 3.8) is 0 Å². The van der Waals surface area contributed by atoms with Crippen molar-refractivity contribution in [1.29, 1.82) is 0 Å². The summed E-state index contributed by atoms with van der Waals surface area (Å²) in [5.41, 5.74) is 1.68. The Bertz CT molecular complexity index is 1010. The number of hydrogen-bond donors (Lipinski definition) is 2. The molecule has 28 heavy (non-hydrogen) atoms. The maximum Gasteiger partial charge on any atom is 0.332 e. The molecule has 8 heteroatoms. The highest BCUT2D eigenvalue weighted by Crippen LogP contribution is 2.40. The van der Waals surface area contributed by atoms with Gasteiger partial charge in [0.2, 0.25) is 0 Å². The van der Waals surface area contributed by atoms with Gasteiger partial charge in [-0.05, 0) is 22.8 Å². The Morgan fingerprint density at radius 3 is 2.18 bits per heavy atom. The number of rotatable bonds is 7. The van der Waals surface area contributed by atoms with E-state index in [1.54, 1.807) is 12.1 Å². The van der Waals surface area contributed by atoms with Gasteiger partial charge in [0.1, 0.15) is 5.75 Å². The van der Waals surface area contributed by atoms with E-state index in [9.17, 15) is 22.6 Å². The molecule has 0 aliphatic heterocycles. The smallest absolute Gasteiger partial charge is 0.332 e. The second-order valence-electron chi connectivity index (χ2n) is 7.26. The van der Waals surface area contributed by atoms with Gasteiger partial charge >= 0.3 is 11.9 Å². The van der Waals surface area contributed by atoms with Gasteiger partial charge in [0, 0.05) is 10.9 Å². The minimum Gasteiger partial charge on any atom is -0.481 e. The van der Waals surface area contributed by atoms with E-state index in [4.69, 9.17) is 9.84 Å². The molecule has 0 spiro atoms. The SMILES string of the molecule is CC(C)c1cc2ccccc2c(OC(=O)C(CC(=O)O)S(=O)(=O)O)c1C(C)C. The molecule has 0 saturated heterocycles. The number of carboxylic acid groups (broad SMARTS) is 1. The molecular weight excluding hydrogens is 384 g/mol. The van der Waals surface area contributed by atoms with Crippen molar-refractivity contribution in [2.24, 2.45) is 0 Å². The molecule has 0 amide bonds. The van der Waals surface area contributed by atoms with Crippen LogP contribution in [0, 0.1) is 0 Å². The molecule has 0 aliphatic carbocycles. The molecule has 0 bridgehead atoms. The first kappa shape index (κ1) is 21.8. The number of aliphatic carboxylic acids is 1. The summed E-state index contributed by atoms with van der Waals surface area (Å²) in [7, 11) is -4.95. The summed E-state index contributed by atoms with van der Waals surface area (Å²) in [5.74, 6) is -2.60. The molecule has 1 unspecified atom stereocenters. The van der Waals surface area contributed by atoms with Gasteiger partial charge in [-0.15, -0.1) is 0 Å². The average Bonchev–Trinajstić information content (AvgIpc) is 2.57. The molecule has 152 valence electrons. The van der Waals surface area contributed by atoms with Crippen molar-refractivity contribution < 1.29 is 32.4 Å². The van der Waals surface area contributed by atoms with E-state index >= 15 is 0 Å². The predicted molar refractivity (Wildman–Crippen MR) is 105 cm³/mol. The van der Waals surface area contributed by atoms with Gasteiger partial charge < -0.3 is 9.84 Å². The van der Waals surface area contributed by atoms with Gasteiger partial charge in [-0.25, -0.2) is 0 Å². The number of fused-ring (bicyclic) bond motifs is 1. The molecule has 1 atom stereocenters. The summed E-state index contributed by atoms with van der Waals surface area (Å²) in [4.78, 5) is 23.5. The summed E-state index contributed by atoms with van der Waals surface area (Å²) >= 11 is 0. The Kier molecular flexibility index (Phi) is 6.46. The molecule has 0 radical (unpaired) electrons. The van der Waals surface area contributed by atoms with Crippen LogP contribution in [0.2, 0.25) is 0 Å². The third kappa shape index (κ3) is 4.69. The molecule has 2 N–H and O–H groups in total. The van der Waals surface area contributed by atoms with E-state index in [0.29, 0.717) is 5.39 Å². The zero-order valence-corrected chi connectivity index (χ0v) is 17.0. The lowest BCUT2D eigenvalue weighted by Gasteiger charge is -2.23. The zero-order valence-electron chi connectivity index (χ0n) is 16.2. The fraction of sp³-hybridized carbons (Fsp3) is 0.400. The minimum absolute atomic E-state index is 0.0477. The van der Waals surface area contributed by atoms with Gasteiger partial charge in [-0.2, -0.15) is 8.42 Å². The highest BCUT2D eigenvalue weighted by atomic mass is 32.2. The summed E-state index contributed by atoms with van der Waals surface area (Å²) in [6, 6.07) is 9.19. The van der Waals surface area contributed by atoms with Crippen molar-refractivity contribution in [3.05, 3.63) is 41.5 Å². The Labute approximate surface area is 164 Å². The van der Waals surface area contributed by atoms with Crippen molar-refractivity contribution in [3.8, 4) is 5.75 Å². The van der Waals surface area contributed by atoms with Crippen molar-refractivity contribution in [2.75, 3.05) is 0 Å². The maximum atomic E-state index is 12.6. The van der Waals surface area contributed by atoms with Gasteiger partial charge in [-0.3, -0.25) is 14.1 Å². The molecule has 2 aromatic carbocycles. The number of carbonyl (C=O) groups excluding carboxylic acids is 1. The largest absolute Gasteiger partial charge is 0.481 e. The van der Waals surface area contributed by atoms with Crippen LogP contribution >= 0.6 is 0 Å². The van der Waals surface area contributed by atoms with E-state index < -0.39 is 33.7 Å². The fourth-order valence-electron chi connectivity index (χ4n) is 3.17. The van der Waals surface area contributed by atoms with Gasteiger partial charge in [0.25, 0.3) is 10.1 Å². The van der Waals surface area contributed by atoms with E-state index in [2.05, 4.69) is 0 Å². The van der Waals surface area contributed by atoms with Crippen molar-refractivity contribution in [2.45, 2.75) is 51.2 Å². The Morgan fingerprint density at radius 1 is 1.07 bits per heavy atom. The molecule has 0 aliphatic rings. The third-order valence-corrected chi connectivity index (χ3v) is 5.53. The summed E-state index contributed by atoms with van der Waals surface area (Å²) in [6.45, 7) is 7.83. The fourth-order valence-corrected chi connectivity index (χ4v) is 3.81. The maximum absolute atomic E-state index is 12.6. The van der Waals surface area contributed by atoms with E-state index in [1.165, 1.54) is 0 Å². The van der Waals surface area contributed by atoms with E-state index in [1.807, 2.05) is 45.9 Å². The van der Waals surface area contributed by atoms with Crippen molar-refractivity contribution >= 4 is 32.8 Å². The Balaban J connectivity index is 2.69. The number of carboxylic acids is 1. The standard InChI is InChI=1S/C20H24O7S/c1-11(2)15-9-13-7-5-6-8-14(13)19(18(15)12(3)4)27-20(23)16(10-17(21)22)28(24,25)26/h5-9,11-12,16H,10H2,1-4H3,(H,21,22)(H,24,25,26). The van der Waals surface area contributed by atoms with Crippen LogP contribution in [0.3, 0.4) is 0 Å². The lowest BCUT2D eigenvalue weighted by atomic mass is 9.87. The first-order valence-electron chi connectivity index (χ1n) is 8.88. The summed E-state index contributed by atoms with van der Waals surface area (Å²) in [6.07, 6.45) is -1.09. The second-order valence-corrected chi connectivity index (χ2v) is 8.86. The zero-order chi connectivity index (χ0) is 21.2. The molecule has 0 heterocycles. The van der Waals surface area contributed by atoms with Crippen molar-refractivity contribution in [1.82, 2.24) is 0 Å². The lowest BCUT2D eigenvalue weighted by molar-refractivity contribution is -0.141. The number of benzene rings is 2. The lowest BCUT2D eigenvalue weighted by Crippen LogP contribution is -2.35. The number of esters is 1. The van der Waals surface area contributed by atoms with Crippen LogP contribution in [0.1, 0.15) is 57.1 Å². The monoisotopic (exact) mass is 408 g/mol. The van der Waals surface area contributed by atoms with Gasteiger partial charge in [0.05, 0.1) is 6.42 Å². The molecule has 0 aromatic heterocycles. The first-order chi connectivity index (χ1) is 12.9. The van der Waals surface area contributed by atoms with Crippen LogP contribution in [0.15, 0.2) is 30.3 Å². The molecular formula is C20H24O7S. The van der Waals surface area contributed by atoms with Crippen LogP contribution in [-0.2, 0) is 19.7 Å². The molecule has 0 saturated carbocycles. The third-order valence-electron chi connectivity index (χ3n) is 4.46. The molecule has 0 fully saturated rings. The van der Waals surface area contributed by atoms with Gasteiger partial charge in [-0.1, -0.05) is 58.0 Å².